The fraction of sp³-hybridized carbons (Fsp3) is 0.292. The quantitative estimate of drug-likeness (QED) is 0.571. The van der Waals surface area contributed by atoms with Gasteiger partial charge in [-0.25, -0.2) is 0 Å². The normalized spacial score (nSPS) is 14.4. The summed E-state index contributed by atoms with van der Waals surface area (Å²) in [5.74, 6) is -0.440. The Labute approximate surface area is 181 Å². The van der Waals surface area contributed by atoms with E-state index >= 15 is 0 Å². The summed E-state index contributed by atoms with van der Waals surface area (Å²) >= 11 is 0. The molecule has 1 aliphatic rings. The number of nitrogens with one attached hydrogen (secondary N) is 2. The van der Waals surface area contributed by atoms with Crippen LogP contribution in [0.15, 0.2) is 54.7 Å². The molecule has 2 amide bonds. The molecule has 4 N–H and O–H groups in total. The topological polar surface area (TPSA) is 100 Å². The largest absolute Gasteiger partial charge is 0.371 e. The van der Waals surface area contributed by atoms with E-state index in [0.29, 0.717) is 12.1 Å². The van der Waals surface area contributed by atoms with Crippen LogP contribution < -0.4 is 21.3 Å². The number of carbonyl (C=O) groups excluding carboxylic acids is 2. The maximum absolute atomic E-state index is 12.7. The summed E-state index contributed by atoms with van der Waals surface area (Å²) in [6, 6.07) is 15.9. The minimum absolute atomic E-state index is 0.0574. The summed E-state index contributed by atoms with van der Waals surface area (Å²) in [6.45, 7) is 3.97. The SMILES string of the molecule is CCNC(=O)c1cnc2ccc(N3CCC(C(N)=O)CC3)cc2c1Nc1ccccc1. The minimum atomic E-state index is -0.219. The molecule has 2 aromatic carbocycles. The van der Waals surface area contributed by atoms with E-state index in [9.17, 15) is 9.59 Å². The van der Waals surface area contributed by atoms with Crippen LogP contribution in [-0.4, -0.2) is 36.4 Å². The number of primary amides is 1. The van der Waals surface area contributed by atoms with Crippen molar-refractivity contribution in [2.75, 3.05) is 29.9 Å². The Morgan fingerprint density at radius 2 is 1.87 bits per heavy atom. The van der Waals surface area contributed by atoms with Crippen LogP contribution in [0.4, 0.5) is 17.1 Å². The molecule has 7 nitrogen and oxygen atoms in total. The van der Waals surface area contributed by atoms with Gasteiger partial charge in [0.15, 0.2) is 0 Å². The van der Waals surface area contributed by atoms with Crippen LogP contribution in [0.25, 0.3) is 10.9 Å². The molecule has 2 heterocycles. The lowest BCUT2D eigenvalue weighted by atomic mass is 9.95. The third-order valence-corrected chi connectivity index (χ3v) is 5.74. The van der Waals surface area contributed by atoms with E-state index in [-0.39, 0.29) is 17.7 Å². The van der Waals surface area contributed by atoms with Gasteiger partial charge >= 0.3 is 0 Å². The predicted octanol–water partition coefficient (Wildman–Crippen LogP) is 3.43. The van der Waals surface area contributed by atoms with Crippen molar-refractivity contribution in [2.24, 2.45) is 11.7 Å². The molecular formula is C24H27N5O2. The molecule has 0 unspecified atom stereocenters. The summed E-state index contributed by atoms with van der Waals surface area (Å²) in [6.07, 6.45) is 3.12. The number of hydrogen-bond acceptors (Lipinski definition) is 5. The molecule has 0 aliphatic carbocycles. The molecule has 4 rings (SSSR count). The molecule has 0 bridgehead atoms. The van der Waals surface area contributed by atoms with Gasteiger partial charge in [-0.1, -0.05) is 18.2 Å². The monoisotopic (exact) mass is 417 g/mol. The number of fused-ring (bicyclic) bond motifs is 1. The number of hydrogen-bond donors (Lipinski definition) is 3. The van der Waals surface area contributed by atoms with Crippen molar-refractivity contribution in [3.63, 3.8) is 0 Å². The summed E-state index contributed by atoms with van der Waals surface area (Å²) in [7, 11) is 0. The van der Waals surface area contributed by atoms with Crippen molar-refractivity contribution in [3.8, 4) is 0 Å². The van der Waals surface area contributed by atoms with E-state index in [1.54, 1.807) is 6.20 Å². The third kappa shape index (κ3) is 4.45. The van der Waals surface area contributed by atoms with Gasteiger partial charge in [0.25, 0.3) is 5.91 Å². The fourth-order valence-electron chi connectivity index (χ4n) is 4.03. The van der Waals surface area contributed by atoms with E-state index in [4.69, 9.17) is 5.73 Å². The number of benzene rings is 2. The van der Waals surface area contributed by atoms with E-state index in [0.717, 1.165) is 53.9 Å². The van der Waals surface area contributed by atoms with Crippen molar-refractivity contribution in [2.45, 2.75) is 19.8 Å². The lowest BCUT2D eigenvalue weighted by Crippen LogP contribution is -2.38. The summed E-state index contributed by atoms with van der Waals surface area (Å²) < 4.78 is 0. The number of piperidine rings is 1. The van der Waals surface area contributed by atoms with Crippen LogP contribution in [0, 0.1) is 5.92 Å². The van der Waals surface area contributed by atoms with Crippen molar-refractivity contribution in [3.05, 3.63) is 60.3 Å². The Balaban J connectivity index is 1.74. The molecule has 0 saturated carbocycles. The highest BCUT2D eigenvalue weighted by Gasteiger charge is 2.24. The number of para-hydroxylation sites is 1. The number of amides is 2. The summed E-state index contributed by atoms with van der Waals surface area (Å²) in [5, 5.41) is 7.18. The Hall–Kier alpha value is -3.61. The maximum Gasteiger partial charge on any atom is 0.254 e. The van der Waals surface area contributed by atoms with Gasteiger partial charge in [0.1, 0.15) is 0 Å². The second kappa shape index (κ2) is 9.04. The highest BCUT2D eigenvalue weighted by Crippen LogP contribution is 2.33. The van der Waals surface area contributed by atoms with E-state index in [1.807, 2.05) is 49.4 Å². The number of rotatable bonds is 6. The number of carbonyl (C=O) groups is 2. The van der Waals surface area contributed by atoms with Gasteiger partial charge in [-0.3, -0.25) is 14.6 Å². The molecule has 1 saturated heterocycles. The Morgan fingerprint density at radius 1 is 1.13 bits per heavy atom. The molecule has 1 aromatic heterocycles. The Bertz CT molecular complexity index is 1090. The standard InChI is InChI=1S/C24H27N5O2/c1-2-26-24(31)20-15-27-21-9-8-18(29-12-10-16(11-13-29)23(25)30)14-19(21)22(20)28-17-6-4-3-5-7-17/h3-9,14-16H,2,10-13H2,1H3,(H2,25,30)(H,26,31)(H,27,28). The lowest BCUT2D eigenvalue weighted by Gasteiger charge is -2.32. The Morgan fingerprint density at radius 3 is 2.55 bits per heavy atom. The molecular weight excluding hydrogens is 390 g/mol. The smallest absolute Gasteiger partial charge is 0.254 e. The van der Waals surface area contributed by atoms with Gasteiger partial charge in [0.05, 0.1) is 16.8 Å². The van der Waals surface area contributed by atoms with Crippen LogP contribution in [-0.2, 0) is 4.79 Å². The van der Waals surface area contributed by atoms with Crippen molar-refractivity contribution < 1.29 is 9.59 Å². The van der Waals surface area contributed by atoms with Gasteiger partial charge in [0.2, 0.25) is 5.91 Å². The third-order valence-electron chi connectivity index (χ3n) is 5.74. The zero-order chi connectivity index (χ0) is 21.8. The molecule has 1 fully saturated rings. The van der Waals surface area contributed by atoms with Gasteiger partial charge < -0.3 is 21.3 Å². The molecule has 31 heavy (non-hydrogen) atoms. The highest BCUT2D eigenvalue weighted by molar-refractivity contribution is 6.08. The second-order valence-electron chi connectivity index (χ2n) is 7.76. The molecule has 0 radical (unpaired) electrons. The first kappa shape index (κ1) is 20.7. The first-order chi connectivity index (χ1) is 15.1. The number of nitrogens with zero attached hydrogens (tertiary/aromatic N) is 2. The van der Waals surface area contributed by atoms with Crippen LogP contribution in [0.3, 0.4) is 0 Å². The average Bonchev–Trinajstić information content (AvgIpc) is 2.80. The lowest BCUT2D eigenvalue weighted by molar-refractivity contribution is -0.122. The van der Waals surface area contributed by atoms with E-state index < -0.39 is 0 Å². The average molecular weight is 418 g/mol. The molecule has 7 heteroatoms. The summed E-state index contributed by atoms with van der Waals surface area (Å²) in [4.78, 5) is 31.0. The fourth-order valence-corrected chi connectivity index (χ4v) is 4.03. The Kier molecular flexibility index (Phi) is 6.02. The number of aromatic nitrogens is 1. The zero-order valence-electron chi connectivity index (χ0n) is 17.6. The molecule has 160 valence electrons. The minimum Gasteiger partial charge on any atom is -0.371 e. The number of pyridine rings is 1. The van der Waals surface area contributed by atoms with Gasteiger partial charge in [-0.2, -0.15) is 0 Å². The first-order valence-corrected chi connectivity index (χ1v) is 10.6. The number of anilines is 3. The van der Waals surface area contributed by atoms with Crippen molar-refractivity contribution >= 4 is 39.8 Å². The van der Waals surface area contributed by atoms with Gasteiger partial charge in [-0.15, -0.1) is 0 Å². The maximum atomic E-state index is 12.7. The van der Waals surface area contributed by atoms with E-state index in [2.05, 4.69) is 26.6 Å². The predicted molar refractivity (Wildman–Crippen MR) is 124 cm³/mol. The van der Waals surface area contributed by atoms with Crippen LogP contribution in [0.5, 0.6) is 0 Å². The van der Waals surface area contributed by atoms with Gasteiger partial charge in [-0.05, 0) is 50.1 Å². The molecule has 3 aromatic rings. The highest BCUT2D eigenvalue weighted by atomic mass is 16.2. The van der Waals surface area contributed by atoms with Gasteiger partial charge in [0, 0.05) is 48.5 Å². The molecule has 1 aliphatic heterocycles. The first-order valence-electron chi connectivity index (χ1n) is 10.6. The number of nitrogens with two attached hydrogens (primary N) is 1. The van der Waals surface area contributed by atoms with E-state index in [1.165, 1.54) is 0 Å². The van der Waals surface area contributed by atoms with Crippen LogP contribution in [0.2, 0.25) is 0 Å². The molecule has 0 spiro atoms. The molecule has 0 atom stereocenters. The zero-order valence-corrected chi connectivity index (χ0v) is 17.6. The summed E-state index contributed by atoms with van der Waals surface area (Å²) in [5.41, 5.74) is 9.46. The van der Waals surface area contributed by atoms with Crippen LogP contribution in [0.1, 0.15) is 30.1 Å². The van der Waals surface area contributed by atoms with Crippen LogP contribution >= 0.6 is 0 Å². The van der Waals surface area contributed by atoms with Crippen molar-refractivity contribution in [1.82, 2.24) is 10.3 Å². The van der Waals surface area contributed by atoms with Crippen molar-refractivity contribution in [1.29, 1.82) is 0 Å². The second-order valence-corrected chi connectivity index (χ2v) is 7.76.